The van der Waals surface area contributed by atoms with Crippen molar-refractivity contribution in [2.45, 2.75) is 4.90 Å². The summed E-state index contributed by atoms with van der Waals surface area (Å²) >= 11 is 6.27. The standard InChI is InChI=1S/C24H21ClN4O4S/c25-20-4-2-1-3-19(20)23-27-21-10-7-17(15-22(21)28-23)26-24(30)16-5-8-18(9-6-16)34(31,32)29-11-13-33-14-12-29/h1-10,15H,11-14H2,(H,26,30)(H,27,28). The van der Waals surface area contributed by atoms with Crippen molar-refractivity contribution < 1.29 is 17.9 Å². The average molecular weight is 497 g/mol. The topological polar surface area (TPSA) is 104 Å². The first-order chi connectivity index (χ1) is 16.4. The number of nitrogens with one attached hydrogen (secondary N) is 2. The molecular weight excluding hydrogens is 476 g/mol. The lowest BCUT2D eigenvalue weighted by Crippen LogP contribution is -2.40. The molecule has 1 saturated heterocycles. The van der Waals surface area contributed by atoms with E-state index in [2.05, 4.69) is 15.3 Å². The molecule has 8 nitrogen and oxygen atoms in total. The minimum absolute atomic E-state index is 0.150. The molecule has 0 spiro atoms. The van der Waals surface area contributed by atoms with Gasteiger partial charge in [-0.1, -0.05) is 23.7 Å². The predicted molar refractivity (Wildman–Crippen MR) is 131 cm³/mol. The Bertz CT molecular complexity index is 1460. The Balaban J connectivity index is 1.33. The summed E-state index contributed by atoms with van der Waals surface area (Å²) in [6.07, 6.45) is 0. The Morgan fingerprint density at radius 3 is 2.50 bits per heavy atom. The Morgan fingerprint density at radius 2 is 1.76 bits per heavy atom. The maximum Gasteiger partial charge on any atom is 0.255 e. The highest BCUT2D eigenvalue weighted by Gasteiger charge is 2.26. The quantitative estimate of drug-likeness (QED) is 0.432. The number of morpholine rings is 1. The average Bonchev–Trinajstić information content (AvgIpc) is 3.28. The monoisotopic (exact) mass is 496 g/mol. The fraction of sp³-hybridized carbons (Fsp3) is 0.167. The number of aromatic amines is 1. The van der Waals surface area contributed by atoms with E-state index in [1.165, 1.54) is 28.6 Å². The van der Waals surface area contributed by atoms with Gasteiger partial charge in [0.25, 0.3) is 5.91 Å². The van der Waals surface area contributed by atoms with Gasteiger partial charge in [-0.15, -0.1) is 0 Å². The van der Waals surface area contributed by atoms with Gasteiger partial charge in [-0.05, 0) is 54.6 Å². The zero-order chi connectivity index (χ0) is 23.7. The number of carbonyl (C=O) groups excluding carboxylic acids is 1. The number of halogens is 1. The van der Waals surface area contributed by atoms with Crippen LogP contribution in [0.2, 0.25) is 5.02 Å². The van der Waals surface area contributed by atoms with Crippen molar-refractivity contribution in [2.24, 2.45) is 0 Å². The molecule has 10 heteroatoms. The zero-order valence-corrected chi connectivity index (χ0v) is 19.6. The van der Waals surface area contributed by atoms with Crippen LogP contribution in [0.25, 0.3) is 22.4 Å². The van der Waals surface area contributed by atoms with E-state index in [9.17, 15) is 13.2 Å². The SMILES string of the molecule is O=C(Nc1ccc2nc(-c3ccccc3Cl)[nH]c2c1)c1ccc(S(=O)(=O)N2CCOCC2)cc1. The first-order valence-corrected chi connectivity index (χ1v) is 12.5. The fourth-order valence-electron chi connectivity index (χ4n) is 3.79. The number of rotatable bonds is 5. The maximum absolute atomic E-state index is 12.8. The van der Waals surface area contributed by atoms with Crippen LogP contribution >= 0.6 is 11.6 Å². The van der Waals surface area contributed by atoms with E-state index < -0.39 is 10.0 Å². The first-order valence-electron chi connectivity index (χ1n) is 10.7. The number of aromatic nitrogens is 2. The summed E-state index contributed by atoms with van der Waals surface area (Å²) in [6, 6.07) is 18.7. The number of ether oxygens (including phenoxy) is 1. The fourth-order valence-corrected chi connectivity index (χ4v) is 5.42. The van der Waals surface area contributed by atoms with Gasteiger partial charge in [-0.3, -0.25) is 4.79 Å². The first kappa shape index (κ1) is 22.5. The van der Waals surface area contributed by atoms with Crippen LogP contribution in [0.3, 0.4) is 0 Å². The molecule has 1 aliphatic heterocycles. The highest BCUT2D eigenvalue weighted by atomic mass is 35.5. The predicted octanol–water partition coefficient (Wildman–Crippen LogP) is 4.16. The second kappa shape index (κ2) is 9.19. The Kier molecular flexibility index (Phi) is 6.09. The van der Waals surface area contributed by atoms with Crippen LogP contribution in [0, 0.1) is 0 Å². The summed E-state index contributed by atoms with van der Waals surface area (Å²) in [5.41, 5.74) is 3.21. The molecule has 1 aliphatic rings. The molecule has 0 radical (unpaired) electrons. The number of nitrogens with zero attached hydrogens (tertiary/aromatic N) is 2. The van der Waals surface area contributed by atoms with E-state index in [-0.39, 0.29) is 10.8 Å². The molecule has 0 saturated carbocycles. The second-order valence-corrected chi connectivity index (χ2v) is 10.1. The molecule has 0 atom stereocenters. The van der Waals surface area contributed by atoms with Crippen molar-refractivity contribution in [1.82, 2.24) is 14.3 Å². The highest BCUT2D eigenvalue weighted by Crippen LogP contribution is 2.28. The minimum atomic E-state index is -3.61. The van der Waals surface area contributed by atoms with Crippen molar-refractivity contribution in [3.63, 3.8) is 0 Å². The van der Waals surface area contributed by atoms with Crippen LogP contribution in [0.15, 0.2) is 71.6 Å². The van der Waals surface area contributed by atoms with E-state index in [1.54, 1.807) is 24.3 Å². The highest BCUT2D eigenvalue weighted by molar-refractivity contribution is 7.89. The van der Waals surface area contributed by atoms with Crippen LogP contribution in [0.5, 0.6) is 0 Å². The van der Waals surface area contributed by atoms with E-state index in [4.69, 9.17) is 16.3 Å². The van der Waals surface area contributed by atoms with Gasteiger partial charge < -0.3 is 15.0 Å². The third-order valence-corrected chi connectivity index (χ3v) is 7.84. The lowest BCUT2D eigenvalue weighted by molar-refractivity contribution is 0.0730. The van der Waals surface area contributed by atoms with Crippen molar-refractivity contribution in [3.8, 4) is 11.4 Å². The van der Waals surface area contributed by atoms with Gasteiger partial charge in [-0.25, -0.2) is 13.4 Å². The molecular formula is C24H21ClN4O4S. The van der Waals surface area contributed by atoms with Crippen LogP contribution < -0.4 is 5.32 Å². The molecule has 2 N–H and O–H groups in total. The Hall–Kier alpha value is -3.24. The van der Waals surface area contributed by atoms with E-state index in [0.29, 0.717) is 48.4 Å². The van der Waals surface area contributed by atoms with Crippen molar-refractivity contribution in [3.05, 3.63) is 77.3 Å². The molecule has 1 aromatic heterocycles. The molecule has 0 unspecified atom stereocenters. The minimum Gasteiger partial charge on any atom is -0.379 e. The zero-order valence-electron chi connectivity index (χ0n) is 18.0. The smallest absolute Gasteiger partial charge is 0.255 e. The van der Waals surface area contributed by atoms with Crippen LogP contribution in [0.4, 0.5) is 5.69 Å². The number of fused-ring (bicyclic) bond motifs is 1. The van der Waals surface area contributed by atoms with Gasteiger partial charge >= 0.3 is 0 Å². The second-order valence-electron chi connectivity index (χ2n) is 7.79. The Morgan fingerprint density at radius 1 is 1.03 bits per heavy atom. The molecule has 174 valence electrons. The molecule has 1 fully saturated rings. The van der Waals surface area contributed by atoms with Crippen molar-refractivity contribution >= 4 is 44.3 Å². The molecule has 1 amide bonds. The van der Waals surface area contributed by atoms with Gasteiger partial charge in [-0.2, -0.15) is 4.31 Å². The molecule has 0 bridgehead atoms. The van der Waals surface area contributed by atoms with E-state index in [0.717, 1.165) is 16.6 Å². The Labute approximate surface area is 201 Å². The number of carbonyl (C=O) groups is 1. The molecule has 0 aliphatic carbocycles. The van der Waals surface area contributed by atoms with E-state index in [1.807, 2.05) is 18.2 Å². The van der Waals surface area contributed by atoms with Gasteiger partial charge in [0.2, 0.25) is 10.0 Å². The normalized spacial score (nSPS) is 14.9. The molecule has 3 aromatic carbocycles. The third kappa shape index (κ3) is 4.43. The number of hydrogen-bond donors (Lipinski definition) is 2. The van der Waals surface area contributed by atoms with Gasteiger partial charge in [0.15, 0.2) is 0 Å². The van der Waals surface area contributed by atoms with Gasteiger partial charge in [0.1, 0.15) is 5.82 Å². The number of imidazole rings is 1. The molecule has 34 heavy (non-hydrogen) atoms. The largest absolute Gasteiger partial charge is 0.379 e. The lowest BCUT2D eigenvalue weighted by atomic mass is 10.2. The summed E-state index contributed by atoms with van der Waals surface area (Å²) in [6.45, 7) is 1.39. The number of H-pyrrole nitrogens is 1. The van der Waals surface area contributed by atoms with Crippen molar-refractivity contribution in [2.75, 3.05) is 31.6 Å². The summed E-state index contributed by atoms with van der Waals surface area (Å²) in [4.78, 5) is 20.7. The maximum atomic E-state index is 12.8. The number of sulfonamides is 1. The number of anilines is 1. The van der Waals surface area contributed by atoms with Crippen LogP contribution in [-0.2, 0) is 14.8 Å². The lowest BCUT2D eigenvalue weighted by Gasteiger charge is -2.26. The summed E-state index contributed by atoms with van der Waals surface area (Å²) in [5.74, 6) is 0.293. The third-order valence-electron chi connectivity index (χ3n) is 5.59. The van der Waals surface area contributed by atoms with Crippen LogP contribution in [-0.4, -0.2) is 54.9 Å². The summed E-state index contributed by atoms with van der Waals surface area (Å²) < 4.78 is 32.1. The number of amides is 1. The van der Waals surface area contributed by atoms with Crippen LogP contribution in [0.1, 0.15) is 10.4 Å². The molecule has 4 aromatic rings. The molecule has 2 heterocycles. The van der Waals surface area contributed by atoms with Gasteiger partial charge in [0, 0.05) is 29.9 Å². The van der Waals surface area contributed by atoms with E-state index >= 15 is 0 Å². The number of benzene rings is 3. The molecule has 5 rings (SSSR count). The van der Waals surface area contributed by atoms with Crippen molar-refractivity contribution in [1.29, 1.82) is 0 Å². The summed E-state index contributed by atoms with van der Waals surface area (Å²) in [7, 11) is -3.61. The summed E-state index contributed by atoms with van der Waals surface area (Å²) in [5, 5.41) is 3.43. The number of hydrogen-bond acceptors (Lipinski definition) is 5. The van der Waals surface area contributed by atoms with Gasteiger partial charge in [0.05, 0.1) is 34.2 Å².